The van der Waals surface area contributed by atoms with Gasteiger partial charge in [0.25, 0.3) is 0 Å². The van der Waals surface area contributed by atoms with Crippen LogP contribution in [0, 0.1) is 11.8 Å². The normalized spacial score (nSPS) is 21.6. The Morgan fingerprint density at radius 3 is 2.67 bits per heavy atom. The zero-order valence-corrected chi connectivity index (χ0v) is 13.9. The first-order valence-corrected chi connectivity index (χ1v) is 8.14. The Labute approximate surface area is 129 Å². The third kappa shape index (κ3) is 4.45. The number of nitrogens with zero attached hydrogens (tertiary/aromatic N) is 1. The zero-order valence-electron chi connectivity index (χ0n) is 13.9. The van der Waals surface area contributed by atoms with Crippen molar-refractivity contribution in [2.75, 3.05) is 27.2 Å². The molecule has 0 heterocycles. The number of hydrogen-bond donors (Lipinski definition) is 1. The fourth-order valence-corrected chi connectivity index (χ4v) is 3.15. The van der Waals surface area contributed by atoms with E-state index in [9.17, 15) is 0 Å². The van der Waals surface area contributed by atoms with Crippen molar-refractivity contribution in [1.29, 1.82) is 0 Å². The predicted molar refractivity (Wildman–Crippen MR) is 88.7 cm³/mol. The van der Waals surface area contributed by atoms with Gasteiger partial charge in [-0.15, -0.1) is 0 Å². The molecule has 1 aromatic carbocycles. The molecule has 0 aromatic heterocycles. The van der Waals surface area contributed by atoms with Crippen LogP contribution >= 0.6 is 0 Å². The van der Waals surface area contributed by atoms with E-state index in [0.717, 1.165) is 37.2 Å². The molecule has 0 amide bonds. The van der Waals surface area contributed by atoms with E-state index in [1.807, 2.05) is 12.1 Å². The SMILES string of the molecule is COc1ccccc1CN(C)C1CCC1CNCC(C)C. The predicted octanol–water partition coefficient (Wildman–Crippen LogP) is 3.15. The first-order valence-electron chi connectivity index (χ1n) is 8.14. The molecule has 2 rings (SSSR count). The summed E-state index contributed by atoms with van der Waals surface area (Å²) in [4.78, 5) is 2.49. The Hall–Kier alpha value is -1.06. The second-order valence-corrected chi connectivity index (χ2v) is 6.68. The zero-order chi connectivity index (χ0) is 15.2. The highest BCUT2D eigenvalue weighted by Gasteiger charge is 2.33. The van der Waals surface area contributed by atoms with Crippen LogP contribution < -0.4 is 10.1 Å². The second kappa shape index (κ2) is 7.81. The Morgan fingerprint density at radius 1 is 1.29 bits per heavy atom. The largest absolute Gasteiger partial charge is 0.496 e. The summed E-state index contributed by atoms with van der Waals surface area (Å²) in [6.45, 7) is 7.77. The molecule has 0 spiro atoms. The van der Waals surface area contributed by atoms with Crippen LogP contribution in [0.5, 0.6) is 5.75 Å². The van der Waals surface area contributed by atoms with Gasteiger partial charge in [0.05, 0.1) is 7.11 Å². The number of hydrogen-bond acceptors (Lipinski definition) is 3. The molecule has 0 saturated heterocycles. The van der Waals surface area contributed by atoms with Gasteiger partial charge in [0.1, 0.15) is 5.75 Å². The van der Waals surface area contributed by atoms with Gasteiger partial charge in [-0.25, -0.2) is 0 Å². The second-order valence-electron chi connectivity index (χ2n) is 6.68. The van der Waals surface area contributed by atoms with E-state index in [2.05, 4.69) is 43.2 Å². The summed E-state index contributed by atoms with van der Waals surface area (Å²) >= 11 is 0. The van der Waals surface area contributed by atoms with Gasteiger partial charge < -0.3 is 10.1 Å². The number of rotatable bonds is 8. The van der Waals surface area contributed by atoms with Gasteiger partial charge in [0.2, 0.25) is 0 Å². The van der Waals surface area contributed by atoms with Gasteiger partial charge in [-0.2, -0.15) is 0 Å². The van der Waals surface area contributed by atoms with Gasteiger partial charge in [-0.05, 0) is 50.9 Å². The van der Waals surface area contributed by atoms with Crippen LogP contribution in [-0.2, 0) is 6.54 Å². The fraction of sp³-hybridized carbons (Fsp3) is 0.667. The van der Waals surface area contributed by atoms with Crippen molar-refractivity contribution in [2.24, 2.45) is 11.8 Å². The highest BCUT2D eigenvalue weighted by molar-refractivity contribution is 5.33. The molecule has 118 valence electrons. The quantitative estimate of drug-likeness (QED) is 0.796. The average Bonchev–Trinajstić information content (AvgIpc) is 2.42. The molecule has 2 atom stereocenters. The number of para-hydroxylation sites is 1. The van der Waals surface area contributed by atoms with Crippen LogP contribution in [0.4, 0.5) is 0 Å². The first-order chi connectivity index (χ1) is 10.1. The van der Waals surface area contributed by atoms with Crippen molar-refractivity contribution in [3.63, 3.8) is 0 Å². The fourth-order valence-electron chi connectivity index (χ4n) is 3.15. The van der Waals surface area contributed by atoms with Crippen molar-refractivity contribution in [2.45, 2.75) is 39.3 Å². The van der Waals surface area contributed by atoms with Gasteiger partial charge >= 0.3 is 0 Å². The lowest BCUT2D eigenvalue weighted by Crippen LogP contribution is -2.48. The molecule has 0 aliphatic heterocycles. The summed E-state index contributed by atoms with van der Waals surface area (Å²) in [6.07, 6.45) is 2.67. The minimum Gasteiger partial charge on any atom is -0.496 e. The molecule has 1 N–H and O–H groups in total. The van der Waals surface area contributed by atoms with E-state index >= 15 is 0 Å². The number of ether oxygens (including phenoxy) is 1. The van der Waals surface area contributed by atoms with Crippen molar-refractivity contribution in [3.8, 4) is 5.75 Å². The van der Waals surface area contributed by atoms with Gasteiger partial charge in [-0.3, -0.25) is 4.90 Å². The van der Waals surface area contributed by atoms with Crippen molar-refractivity contribution < 1.29 is 4.74 Å². The highest BCUT2D eigenvalue weighted by atomic mass is 16.5. The molecule has 2 unspecified atom stereocenters. The molecule has 1 fully saturated rings. The van der Waals surface area contributed by atoms with Crippen molar-refractivity contribution >= 4 is 0 Å². The van der Waals surface area contributed by atoms with E-state index in [0.29, 0.717) is 6.04 Å². The third-order valence-corrected chi connectivity index (χ3v) is 4.51. The first kappa shape index (κ1) is 16.3. The molecule has 1 saturated carbocycles. The lowest BCUT2D eigenvalue weighted by atomic mass is 9.78. The summed E-state index contributed by atoms with van der Waals surface area (Å²) in [5.74, 6) is 2.52. The Morgan fingerprint density at radius 2 is 2.05 bits per heavy atom. The van der Waals surface area contributed by atoms with Crippen molar-refractivity contribution in [1.82, 2.24) is 10.2 Å². The van der Waals surface area contributed by atoms with E-state index < -0.39 is 0 Å². The summed E-state index contributed by atoms with van der Waals surface area (Å²) < 4.78 is 5.46. The van der Waals surface area contributed by atoms with E-state index in [-0.39, 0.29) is 0 Å². The van der Waals surface area contributed by atoms with Crippen LogP contribution in [0.3, 0.4) is 0 Å². The maximum Gasteiger partial charge on any atom is 0.123 e. The van der Waals surface area contributed by atoms with Gasteiger partial charge in [0.15, 0.2) is 0 Å². The van der Waals surface area contributed by atoms with E-state index in [1.54, 1.807) is 7.11 Å². The molecule has 1 aromatic rings. The van der Waals surface area contributed by atoms with Crippen LogP contribution in [0.25, 0.3) is 0 Å². The Bertz CT molecular complexity index is 433. The number of nitrogens with one attached hydrogen (secondary N) is 1. The molecule has 3 heteroatoms. The van der Waals surface area contributed by atoms with Crippen LogP contribution in [-0.4, -0.2) is 38.2 Å². The standard InChI is InChI=1S/C18H30N2O/c1-14(2)11-19-12-15-9-10-17(15)20(3)13-16-7-5-6-8-18(16)21-4/h5-8,14-15,17,19H,9-13H2,1-4H3. The maximum atomic E-state index is 5.46. The summed E-state index contributed by atoms with van der Waals surface area (Å²) in [5.41, 5.74) is 1.28. The Kier molecular flexibility index (Phi) is 6.07. The average molecular weight is 290 g/mol. The lowest BCUT2D eigenvalue weighted by Gasteiger charge is -2.43. The maximum absolute atomic E-state index is 5.46. The summed E-state index contributed by atoms with van der Waals surface area (Å²) in [5, 5.41) is 3.61. The van der Waals surface area contributed by atoms with Crippen molar-refractivity contribution in [3.05, 3.63) is 29.8 Å². The summed E-state index contributed by atoms with van der Waals surface area (Å²) in [7, 11) is 3.99. The van der Waals surface area contributed by atoms with E-state index in [1.165, 1.54) is 18.4 Å². The monoisotopic (exact) mass is 290 g/mol. The minimum absolute atomic E-state index is 0.703. The Balaban J connectivity index is 1.84. The smallest absolute Gasteiger partial charge is 0.123 e. The molecule has 0 radical (unpaired) electrons. The molecule has 1 aliphatic rings. The summed E-state index contributed by atoms with van der Waals surface area (Å²) in [6, 6.07) is 9.04. The molecule has 1 aliphatic carbocycles. The van der Waals surface area contributed by atoms with E-state index in [4.69, 9.17) is 4.74 Å². The molecule has 0 bridgehead atoms. The highest BCUT2D eigenvalue weighted by Crippen LogP contribution is 2.32. The van der Waals surface area contributed by atoms with Crippen LogP contribution in [0.1, 0.15) is 32.3 Å². The van der Waals surface area contributed by atoms with Gasteiger partial charge in [0, 0.05) is 18.2 Å². The molecule has 3 nitrogen and oxygen atoms in total. The van der Waals surface area contributed by atoms with Gasteiger partial charge in [-0.1, -0.05) is 32.0 Å². The minimum atomic E-state index is 0.703. The lowest BCUT2D eigenvalue weighted by molar-refractivity contribution is 0.0770. The number of methoxy groups -OCH3 is 1. The topological polar surface area (TPSA) is 24.5 Å². The molecule has 21 heavy (non-hydrogen) atoms. The number of benzene rings is 1. The third-order valence-electron chi connectivity index (χ3n) is 4.51. The van der Waals surface area contributed by atoms with Crippen LogP contribution in [0.15, 0.2) is 24.3 Å². The molecular weight excluding hydrogens is 260 g/mol. The molecular formula is C18H30N2O. The van der Waals surface area contributed by atoms with Crippen LogP contribution in [0.2, 0.25) is 0 Å².